The Morgan fingerprint density at radius 1 is 0.441 bits per heavy atom. The van der Waals surface area contributed by atoms with Crippen LogP contribution < -0.4 is 4.90 Å². The van der Waals surface area contributed by atoms with Gasteiger partial charge in [0.1, 0.15) is 22.5 Å². The third-order valence-corrected chi connectivity index (χ3v) is 14.2. The highest BCUT2D eigenvalue weighted by molar-refractivity contribution is 6.14. The van der Waals surface area contributed by atoms with E-state index in [-0.39, 0.29) is 5.92 Å². The molecule has 0 spiro atoms. The van der Waals surface area contributed by atoms with Crippen LogP contribution in [-0.2, 0) is 0 Å². The van der Waals surface area contributed by atoms with Crippen molar-refractivity contribution in [2.45, 2.75) is 12.3 Å². The average molecular weight is 871 g/mol. The SMILES string of the molecule is C1=Cc2c(oc3ccccc23)C(c2ccc(N(c3ccc(-c4ccccc4-n4c5ccccc5c5ccccc54)cc3)c3ccccc3-c3cccc4c3oc3cc5ccccc5cc34)cc2)C1. The molecule has 1 atom stereocenters. The first-order valence-corrected chi connectivity index (χ1v) is 23.4. The van der Waals surface area contributed by atoms with Crippen LogP contribution in [0.4, 0.5) is 17.1 Å². The van der Waals surface area contributed by atoms with Gasteiger partial charge in [0, 0.05) is 66.5 Å². The molecule has 3 heterocycles. The first-order valence-electron chi connectivity index (χ1n) is 23.4. The van der Waals surface area contributed by atoms with Crippen LogP contribution in [0.25, 0.3) is 99.5 Å². The average Bonchev–Trinajstić information content (AvgIpc) is 4.08. The quantitative estimate of drug-likeness (QED) is 0.160. The van der Waals surface area contributed by atoms with Gasteiger partial charge in [-0.2, -0.15) is 0 Å². The van der Waals surface area contributed by atoms with Gasteiger partial charge >= 0.3 is 0 Å². The van der Waals surface area contributed by atoms with E-state index in [0.29, 0.717) is 0 Å². The topological polar surface area (TPSA) is 34.5 Å². The Hall–Kier alpha value is -8.86. The van der Waals surface area contributed by atoms with E-state index < -0.39 is 0 Å². The predicted molar refractivity (Wildman–Crippen MR) is 283 cm³/mol. The third-order valence-electron chi connectivity index (χ3n) is 14.2. The van der Waals surface area contributed by atoms with Gasteiger partial charge in [-0.1, -0.05) is 170 Å². The van der Waals surface area contributed by atoms with Gasteiger partial charge in [-0.25, -0.2) is 0 Å². The van der Waals surface area contributed by atoms with Crippen molar-refractivity contribution in [2.75, 3.05) is 4.90 Å². The summed E-state index contributed by atoms with van der Waals surface area (Å²) in [4.78, 5) is 2.39. The van der Waals surface area contributed by atoms with Crippen molar-refractivity contribution in [1.82, 2.24) is 4.57 Å². The molecule has 0 amide bonds. The molecule has 4 nitrogen and oxygen atoms in total. The zero-order valence-electron chi connectivity index (χ0n) is 37.0. The van der Waals surface area contributed by atoms with Gasteiger partial charge in [-0.3, -0.25) is 0 Å². The van der Waals surface area contributed by atoms with Crippen molar-refractivity contribution >= 4 is 88.6 Å². The molecule has 10 aromatic carbocycles. The minimum Gasteiger partial charge on any atom is -0.460 e. The van der Waals surface area contributed by atoms with Crippen LogP contribution in [0.2, 0.25) is 0 Å². The van der Waals surface area contributed by atoms with Gasteiger partial charge in [-0.15, -0.1) is 0 Å². The number of hydrogen-bond acceptors (Lipinski definition) is 3. The smallest absolute Gasteiger partial charge is 0.143 e. The van der Waals surface area contributed by atoms with Crippen LogP contribution in [0, 0.1) is 0 Å². The number of benzene rings is 10. The van der Waals surface area contributed by atoms with Crippen LogP contribution in [0.5, 0.6) is 0 Å². The molecule has 14 rings (SSSR count). The Bertz CT molecular complexity index is 4080. The number of aromatic nitrogens is 1. The Balaban J connectivity index is 0.918. The summed E-state index contributed by atoms with van der Waals surface area (Å²) in [5, 5.41) is 8.25. The lowest BCUT2D eigenvalue weighted by Crippen LogP contribution is -2.12. The molecule has 13 aromatic rings. The second-order valence-electron chi connectivity index (χ2n) is 17.9. The lowest BCUT2D eigenvalue weighted by atomic mass is 9.86. The van der Waals surface area contributed by atoms with Crippen molar-refractivity contribution in [3.63, 3.8) is 0 Å². The van der Waals surface area contributed by atoms with Gasteiger partial charge in [-0.05, 0) is 95.1 Å². The van der Waals surface area contributed by atoms with Gasteiger partial charge < -0.3 is 18.3 Å². The largest absolute Gasteiger partial charge is 0.460 e. The summed E-state index contributed by atoms with van der Waals surface area (Å²) in [5.74, 6) is 1.15. The minimum absolute atomic E-state index is 0.119. The first kappa shape index (κ1) is 38.4. The molecule has 1 unspecified atom stereocenters. The molecule has 4 heteroatoms. The summed E-state index contributed by atoms with van der Waals surface area (Å²) in [7, 11) is 0. The number of para-hydroxylation sites is 6. The zero-order chi connectivity index (χ0) is 44.7. The normalized spacial score (nSPS) is 13.6. The number of nitrogens with zero attached hydrogens (tertiary/aromatic N) is 2. The maximum absolute atomic E-state index is 6.85. The van der Waals surface area contributed by atoms with Crippen LogP contribution in [0.1, 0.15) is 29.2 Å². The lowest BCUT2D eigenvalue weighted by molar-refractivity contribution is 0.517. The minimum atomic E-state index is 0.119. The molecule has 0 saturated heterocycles. The predicted octanol–water partition coefficient (Wildman–Crippen LogP) is 17.9. The van der Waals surface area contributed by atoms with E-state index in [2.05, 4.69) is 240 Å². The summed E-state index contributed by atoms with van der Waals surface area (Å²) >= 11 is 0. The van der Waals surface area contributed by atoms with Gasteiger partial charge in [0.05, 0.1) is 22.4 Å². The van der Waals surface area contributed by atoms with E-state index in [4.69, 9.17) is 8.83 Å². The van der Waals surface area contributed by atoms with Crippen molar-refractivity contribution in [1.29, 1.82) is 0 Å². The monoisotopic (exact) mass is 870 g/mol. The van der Waals surface area contributed by atoms with Crippen molar-refractivity contribution in [2.24, 2.45) is 0 Å². The third kappa shape index (κ3) is 6.01. The second kappa shape index (κ2) is 15.4. The number of rotatable bonds is 7. The highest BCUT2D eigenvalue weighted by Gasteiger charge is 2.27. The molecular formula is C64H42N2O2. The van der Waals surface area contributed by atoms with Gasteiger partial charge in [0.15, 0.2) is 0 Å². The standard InChI is InChI=1S/C64H42N2O2/c1-2-16-44-40-62-56(39-43(44)15-1)55-25-14-23-53(64(55)68-62)51-20-6-9-27-58(51)65(46-37-33-42(34-38-46)48-22-13-24-54-52-21-7-12-30-61(52)67-63(48)54)45-35-31-41(32-36-45)47-17-3-8-26-57(47)66-59-28-10-4-18-49(59)50-19-5-11-29-60(50)66/h1-21,23-40,48H,22H2. The molecule has 0 aliphatic heterocycles. The number of allylic oxidation sites excluding steroid dienone is 1. The fraction of sp³-hybridized carbons (Fsp3) is 0.0312. The molecular weight excluding hydrogens is 829 g/mol. The van der Waals surface area contributed by atoms with Crippen LogP contribution >= 0.6 is 0 Å². The molecule has 0 N–H and O–H groups in total. The molecule has 68 heavy (non-hydrogen) atoms. The van der Waals surface area contributed by atoms with Crippen LogP contribution in [-0.4, -0.2) is 4.57 Å². The molecule has 0 radical (unpaired) electrons. The lowest BCUT2D eigenvalue weighted by Gasteiger charge is -2.29. The van der Waals surface area contributed by atoms with Crippen molar-refractivity contribution < 1.29 is 8.83 Å². The Morgan fingerprint density at radius 3 is 1.82 bits per heavy atom. The van der Waals surface area contributed by atoms with Gasteiger partial charge in [0.2, 0.25) is 0 Å². The Labute approximate surface area is 392 Å². The van der Waals surface area contributed by atoms with E-state index in [9.17, 15) is 0 Å². The summed E-state index contributed by atoms with van der Waals surface area (Å²) in [6.45, 7) is 0. The zero-order valence-corrected chi connectivity index (χ0v) is 37.0. The molecule has 1 aliphatic carbocycles. The fourth-order valence-electron chi connectivity index (χ4n) is 11.0. The number of furan rings is 2. The molecule has 1 aliphatic rings. The van der Waals surface area contributed by atoms with Crippen molar-refractivity contribution in [3.8, 4) is 27.9 Å². The second-order valence-corrected chi connectivity index (χ2v) is 17.9. The number of hydrogen-bond donors (Lipinski definition) is 0. The molecule has 3 aromatic heterocycles. The Morgan fingerprint density at radius 2 is 1.04 bits per heavy atom. The molecule has 320 valence electrons. The summed E-state index contributed by atoms with van der Waals surface area (Å²) < 4.78 is 15.8. The van der Waals surface area contributed by atoms with E-state index in [0.717, 1.165) is 95.5 Å². The maximum atomic E-state index is 6.85. The van der Waals surface area contributed by atoms with E-state index >= 15 is 0 Å². The maximum Gasteiger partial charge on any atom is 0.143 e. The molecule has 0 bridgehead atoms. The number of anilines is 3. The Kier molecular flexibility index (Phi) is 8.68. The van der Waals surface area contributed by atoms with E-state index in [1.165, 1.54) is 38.3 Å². The van der Waals surface area contributed by atoms with Crippen molar-refractivity contribution in [3.05, 3.63) is 247 Å². The van der Waals surface area contributed by atoms with Gasteiger partial charge in [0.25, 0.3) is 0 Å². The molecule has 0 fully saturated rings. The van der Waals surface area contributed by atoms with Crippen LogP contribution in [0.3, 0.4) is 0 Å². The summed E-state index contributed by atoms with van der Waals surface area (Å²) in [6.07, 6.45) is 5.39. The summed E-state index contributed by atoms with van der Waals surface area (Å²) in [6, 6.07) is 80.9. The highest BCUT2D eigenvalue weighted by Crippen LogP contribution is 2.47. The van der Waals surface area contributed by atoms with E-state index in [1.807, 2.05) is 6.07 Å². The highest BCUT2D eigenvalue weighted by atomic mass is 16.3. The first-order chi connectivity index (χ1) is 33.7. The fourth-order valence-corrected chi connectivity index (χ4v) is 11.0. The number of fused-ring (bicyclic) bond motifs is 10. The summed E-state index contributed by atoms with van der Waals surface area (Å²) in [5.41, 5.74) is 16.2. The van der Waals surface area contributed by atoms with E-state index in [1.54, 1.807) is 0 Å². The van der Waals surface area contributed by atoms with Crippen LogP contribution in [0.15, 0.2) is 239 Å². The molecule has 0 saturated carbocycles.